The molecule has 148 valence electrons. The zero-order chi connectivity index (χ0) is 21.5. The van der Waals surface area contributed by atoms with Crippen molar-refractivity contribution in [3.63, 3.8) is 0 Å². The fourth-order valence-corrected chi connectivity index (χ4v) is 2.59. The minimum atomic E-state index is -0.844. The molecule has 0 aliphatic rings. The summed E-state index contributed by atoms with van der Waals surface area (Å²) in [6.07, 6.45) is 2.90. The molecule has 0 atom stereocenters. The first-order chi connectivity index (χ1) is 14.5. The Morgan fingerprint density at radius 3 is 2.63 bits per heavy atom. The van der Waals surface area contributed by atoms with Crippen LogP contribution in [-0.4, -0.2) is 18.4 Å². The van der Waals surface area contributed by atoms with Crippen LogP contribution in [0.25, 0.3) is 17.0 Å². The summed E-state index contributed by atoms with van der Waals surface area (Å²) in [5.74, 6) is -1.33. The third-order valence-corrected chi connectivity index (χ3v) is 4.02. The summed E-state index contributed by atoms with van der Waals surface area (Å²) in [5.41, 5.74) is -0.341. The molecule has 1 aromatic heterocycles. The Bertz CT molecular complexity index is 1250. The first-order valence-electron chi connectivity index (χ1n) is 8.88. The molecule has 7 heteroatoms. The van der Waals surface area contributed by atoms with Gasteiger partial charge >= 0.3 is 11.6 Å². The van der Waals surface area contributed by atoms with Gasteiger partial charge in [-0.3, -0.25) is 4.79 Å². The summed E-state index contributed by atoms with van der Waals surface area (Å²) >= 11 is 0. The molecule has 0 aliphatic carbocycles. The van der Waals surface area contributed by atoms with Crippen molar-refractivity contribution in [1.82, 2.24) is 5.32 Å². The van der Waals surface area contributed by atoms with Gasteiger partial charge < -0.3 is 14.5 Å². The quantitative estimate of drug-likeness (QED) is 0.170. The van der Waals surface area contributed by atoms with E-state index in [1.165, 1.54) is 36.4 Å². The van der Waals surface area contributed by atoms with Crippen LogP contribution in [0.5, 0.6) is 5.75 Å². The Morgan fingerprint density at radius 2 is 1.93 bits per heavy atom. The number of carbonyl (C=O) groups excluding carboxylic acids is 2. The molecule has 0 unspecified atom stereocenters. The van der Waals surface area contributed by atoms with E-state index in [0.717, 1.165) is 0 Å². The van der Waals surface area contributed by atoms with Crippen molar-refractivity contribution >= 4 is 28.9 Å². The molecule has 0 bridgehead atoms. The molecule has 0 radical (unpaired) electrons. The third-order valence-electron chi connectivity index (χ3n) is 4.02. The van der Waals surface area contributed by atoms with E-state index < -0.39 is 17.5 Å². The lowest BCUT2D eigenvalue weighted by Gasteiger charge is -2.06. The van der Waals surface area contributed by atoms with Crippen LogP contribution in [0.2, 0.25) is 0 Å². The Hall–Kier alpha value is -4.44. The largest absolute Gasteiger partial charge is 0.422 e. The molecule has 7 nitrogen and oxygen atoms in total. The maximum absolute atomic E-state index is 12.3. The Morgan fingerprint density at radius 1 is 1.17 bits per heavy atom. The standard InChI is InChI=1S/C23H16N2O5/c1-2-10-25-21(26)19-12-16-8-9-18(13-20(16)30-23(19)28)29-22(27)17(14-24)11-15-6-4-3-5-7-15/h2-9,11-13H,1,10H2,(H,25,26)/b17-11+. The van der Waals surface area contributed by atoms with Gasteiger partial charge in [0.1, 0.15) is 28.5 Å². The molecule has 3 rings (SSSR count). The molecule has 1 heterocycles. The van der Waals surface area contributed by atoms with E-state index in [2.05, 4.69) is 11.9 Å². The molecule has 0 saturated carbocycles. The molecule has 1 amide bonds. The molecule has 0 saturated heterocycles. The van der Waals surface area contributed by atoms with Crippen LogP contribution in [0.15, 0.2) is 82.0 Å². The van der Waals surface area contributed by atoms with Crippen LogP contribution in [0.4, 0.5) is 0 Å². The van der Waals surface area contributed by atoms with Gasteiger partial charge in [0.25, 0.3) is 5.91 Å². The lowest BCUT2D eigenvalue weighted by atomic mass is 10.1. The highest BCUT2D eigenvalue weighted by Gasteiger charge is 2.15. The van der Waals surface area contributed by atoms with Gasteiger partial charge in [-0.05, 0) is 29.8 Å². The monoisotopic (exact) mass is 400 g/mol. The zero-order valence-corrected chi connectivity index (χ0v) is 15.8. The first kappa shape index (κ1) is 20.3. The van der Waals surface area contributed by atoms with E-state index in [0.29, 0.717) is 10.9 Å². The Labute approximate surface area is 171 Å². The van der Waals surface area contributed by atoms with E-state index in [4.69, 9.17) is 9.15 Å². The SMILES string of the molecule is C=CCNC(=O)c1cc2ccc(OC(=O)/C(C#N)=C/c3ccccc3)cc2oc1=O. The van der Waals surface area contributed by atoms with Crippen LogP contribution in [0, 0.1) is 11.3 Å². The van der Waals surface area contributed by atoms with Crippen LogP contribution in [0.3, 0.4) is 0 Å². The summed E-state index contributed by atoms with van der Waals surface area (Å²) in [6.45, 7) is 3.70. The molecule has 1 N–H and O–H groups in total. The topological polar surface area (TPSA) is 109 Å². The maximum Gasteiger partial charge on any atom is 0.354 e. The second-order valence-corrected chi connectivity index (χ2v) is 6.12. The molecular formula is C23H16N2O5. The number of hydrogen-bond donors (Lipinski definition) is 1. The van der Waals surface area contributed by atoms with Crippen molar-refractivity contribution in [2.75, 3.05) is 6.54 Å². The third kappa shape index (κ3) is 4.69. The summed E-state index contributed by atoms with van der Waals surface area (Å²) in [4.78, 5) is 36.5. The van der Waals surface area contributed by atoms with Crippen molar-refractivity contribution in [1.29, 1.82) is 5.26 Å². The predicted molar refractivity (Wildman–Crippen MR) is 111 cm³/mol. The van der Waals surface area contributed by atoms with E-state index >= 15 is 0 Å². The smallest absolute Gasteiger partial charge is 0.354 e. The van der Waals surface area contributed by atoms with E-state index in [1.54, 1.807) is 24.3 Å². The van der Waals surface area contributed by atoms with Crippen molar-refractivity contribution in [2.45, 2.75) is 0 Å². The maximum atomic E-state index is 12.3. The van der Waals surface area contributed by atoms with Gasteiger partial charge in [-0.25, -0.2) is 9.59 Å². The highest BCUT2D eigenvalue weighted by atomic mass is 16.5. The normalized spacial score (nSPS) is 10.8. The van der Waals surface area contributed by atoms with E-state index in [1.807, 2.05) is 12.1 Å². The number of fused-ring (bicyclic) bond motifs is 1. The van der Waals surface area contributed by atoms with Crippen LogP contribution in [0.1, 0.15) is 15.9 Å². The molecule has 3 aromatic rings. The van der Waals surface area contributed by atoms with Gasteiger partial charge in [-0.15, -0.1) is 6.58 Å². The number of hydrogen-bond acceptors (Lipinski definition) is 6. The van der Waals surface area contributed by atoms with Gasteiger partial charge in [-0.2, -0.15) is 5.26 Å². The number of carbonyl (C=O) groups is 2. The summed E-state index contributed by atoms with van der Waals surface area (Å²) < 4.78 is 10.4. The van der Waals surface area contributed by atoms with Gasteiger partial charge in [0.15, 0.2) is 0 Å². The number of benzene rings is 2. The number of nitriles is 1. The predicted octanol–water partition coefficient (Wildman–Crippen LogP) is 3.22. The van der Waals surface area contributed by atoms with Crippen LogP contribution < -0.4 is 15.7 Å². The van der Waals surface area contributed by atoms with Crippen LogP contribution >= 0.6 is 0 Å². The van der Waals surface area contributed by atoms with Crippen molar-refractivity contribution < 1.29 is 18.7 Å². The van der Waals surface area contributed by atoms with Crippen molar-refractivity contribution in [2.24, 2.45) is 0 Å². The molecule has 0 spiro atoms. The molecular weight excluding hydrogens is 384 g/mol. The molecule has 2 aromatic carbocycles. The number of nitrogens with zero attached hydrogens (tertiary/aromatic N) is 1. The van der Waals surface area contributed by atoms with Gasteiger partial charge in [0.05, 0.1) is 0 Å². The fourth-order valence-electron chi connectivity index (χ4n) is 2.59. The number of amides is 1. The second-order valence-electron chi connectivity index (χ2n) is 6.12. The van der Waals surface area contributed by atoms with E-state index in [9.17, 15) is 19.6 Å². The second kappa shape index (κ2) is 9.17. The Kier molecular flexibility index (Phi) is 6.20. The highest BCUT2D eigenvalue weighted by Crippen LogP contribution is 2.21. The van der Waals surface area contributed by atoms with Crippen LogP contribution in [-0.2, 0) is 4.79 Å². The number of esters is 1. The summed E-state index contributed by atoms with van der Waals surface area (Å²) in [6, 6.07) is 16.4. The number of ether oxygens (including phenoxy) is 1. The van der Waals surface area contributed by atoms with Gasteiger partial charge in [-0.1, -0.05) is 36.4 Å². The Balaban J connectivity index is 1.85. The van der Waals surface area contributed by atoms with Gasteiger partial charge in [0, 0.05) is 18.0 Å². The minimum absolute atomic E-state index is 0.0914. The number of rotatable bonds is 6. The first-order valence-corrected chi connectivity index (χ1v) is 8.88. The fraction of sp³-hybridized carbons (Fsp3) is 0.0435. The lowest BCUT2D eigenvalue weighted by molar-refractivity contribution is -0.129. The molecule has 0 fully saturated rings. The average molecular weight is 400 g/mol. The molecule has 30 heavy (non-hydrogen) atoms. The lowest BCUT2D eigenvalue weighted by Crippen LogP contribution is -2.28. The van der Waals surface area contributed by atoms with Gasteiger partial charge in [0.2, 0.25) is 0 Å². The highest BCUT2D eigenvalue weighted by molar-refractivity contribution is 5.99. The zero-order valence-electron chi connectivity index (χ0n) is 15.8. The van der Waals surface area contributed by atoms with Crippen molar-refractivity contribution in [3.05, 3.63) is 94.4 Å². The summed E-state index contributed by atoms with van der Waals surface area (Å²) in [7, 11) is 0. The summed E-state index contributed by atoms with van der Waals surface area (Å²) in [5, 5.41) is 12.2. The number of nitrogens with one attached hydrogen (secondary N) is 1. The van der Waals surface area contributed by atoms with E-state index in [-0.39, 0.29) is 29.0 Å². The molecule has 0 aliphatic heterocycles. The minimum Gasteiger partial charge on any atom is -0.422 e. The average Bonchev–Trinajstić information content (AvgIpc) is 2.75. The van der Waals surface area contributed by atoms with Crippen molar-refractivity contribution in [3.8, 4) is 11.8 Å².